The molecular weight excluding hydrogens is 239 g/mol. The van der Waals surface area contributed by atoms with Crippen molar-refractivity contribution in [3.63, 3.8) is 0 Å². The second-order valence-corrected chi connectivity index (χ2v) is 5.09. The molecule has 0 spiro atoms. The third kappa shape index (κ3) is 1.94. The van der Waals surface area contributed by atoms with Crippen LogP contribution in [-0.4, -0.2) is 11.7 Å². The number of halogens is 1. The van der Waals surface area contributed by atoms with Crippen molar-refractivity contribution in [2.24, 2.45) is 0 Å². The van der Waals surface area contributed by atoms with Gasteiger partial charge in [-0.25, -0.2) is 4.39 Å². The molecular formula is C13H11FO2S. The zero-order chi connectivity index (χ0) is 11.8. The second kappa shape index (κ2) is 4.13. The lowest BCUT2D eigenvalue weighted by atomic mass is 10.2. The average molecular weight is 250 g/mol. The Bertz CT molecular complexity index is 588. The molecule has 1 aromatic heterocycles. The molecule has 2 aromatic rings. The zero-order valence-electron chi connectivity index (χ0n) is 9.02. The molecule has 17 heavy (non-hydrogen) atoms. The van der Waals surface area contributed by atoms with Gasteiger partial charge in [-0.1, -0.05) is 6.07 Å². The Morgan fingerprint density at radius 3 is 3.00 bits per heavy atom. The molecule has 2 heterocycles. The monoisotopic (exact) mass is 250 g/mol. The molecule has 4 heteroatoms. The number of benzene rings is 1. The first-order valence-corrected chi connectivity index (χ1v) is 6.25. The number of fused-ring (bicyclic) bond motifs is 1. The van der Waals surface area contributed by atoms with Gasteiger partial charge in [0.05, 0.1) is 6.61 Å². The van der Waals surface area contributed by atoms with E-state index in [4.69, 9.17) is 4.74 Å². The minimum atomic E-state index is -0.724. The van der Waals surface area contributed by atoms with Crippen molar-refractivity contribution in [1.82, 2.24) is 0 Å². The van der Waals surface area contributed by atoms with Crippen LogP contribution in [-0.2, 0) is 4.74 Å². The summed E-state index contributed by atoms with van der Waals surface area (Å²) < 4.78 is 19.2. The fourth-order valence-electron chi connectivity index (χ4n) is 1.93. The molecule has 2 nitrogen and oxygen atoms in total. The number of hydrogen-bond donors (Lipinski definition) is 1. The van der Waals surface area contributed by atoms with Gasteiger partial charge in [-0.2, -0.15) is 0 Å². The summed E-state index contributed by atoms with van der Waals surface area (Å²) in [7, 11) is 0. The minimum Gasteiger partial charge on any atom is -0.495 e. The van der Waals surface area contributed by atoms with Crippen molar-refractivity contribution in [3.8, 4) is 0 Å². The van der Waals surface area contributed by atoms with Crippen LogP contribution in [0.4, 0.5) is 4.39 Å². The number of aliphatic hydroxyl groups excluding tert-OH is 1. The number of rotatable bonds is 2. The molecule has 0 amide bonds. The molecule has 0 fully saturated rings. The summed E-state index contributed by atoms with van der Waals surface area (Å²) in [4.78, 5) is 0.791. The van der Waals surface area contributed by atoms with Crippen LogP contribution in [0.3, 0.4) is 0 Å². The predicted octanol–water partition coefficient (Wildman–Crippen LogP) is 3.38. The van der Waals surface area contributed by atoms with Crippen molar-refractivity contribution in [1.29, 1.82) is 0 Å². The molecule has 1 aliphatic heterocycles. The molecule has 1 N–H and O–H groups in total. The molecule has 3 rings (SSSR count). The van der Waals surface area contributed by atoms with Gasteiger partial charge < -0.3 is 9.84 Å². The van der Waals surface area contributed by atoms with E-state index in [2.05, 4.69) is 0 Å². The highest BCUT2D eigenvalue weighted by Gasteiger charge is 2.20. The Kier molecular flexibility index (Phi) is 2.61. The van der Waals surface area contributed by atoms with E-state index in [9.17, 15) is 9.50 Å². The normalized spacial score (nSPS) is 16.9. The molecule has 0 radical (unpaired) electrons. The fraction of sp³-hybridized carbons (Fsp3) is 0.231. The highest BCUT2D eigenvalue weighted by molar-refractivity contribution is 7.19. The van der Waals surface area contributed by atoms with Crippen LogP contribution < -0.4 is 0 Å². The van der Waals surface area contributed by atoms with Gasteiger partial charge in [0.15, 0.2) is 0 Å². The molecule has 1 aliphatic rings. The highest BCUT2D eigenvalue weighted by atomic mass is 32.1. The van der Waals surface area contributed by atoms with Crippen molar-refractivity contribution in [2.45, 2.75) is 12.5 Å². The van der Waals surface area contributed by atoms with Gasteiger partial charge in [0.1, 0.15) is 17.7 Å². The van der Waals surface area contributed by atoms with Crippen molar-refractivity contribution >= 4 is 21.4 Å². The van der Waals surface area contributed by atoms with Crippen LogP contribution in [0.5, 0.6) is 0 Å². The first kappa shape index (κ1) is 10.7. The predicted molar refractivity (Wildman–Crippen MR) is 65.4 cm³/mol. The van der Waals surface area contributed by atoms with Gasteiger partial charge in [-0.05, 0) is 29.7 Å². The van der Waals surface area contributed by atoms with E-state index < -0.39 is 6.10 Å². The van der Waals surface area contributed by atoms with Gasteiger partial charge in [-0.3, -0.25) is 0 Å². The van der Waals surface area contributed by atoms with E-state index in [0.717, 1.165) is 21.4 Å². The highest BCUT2D eigenvalue weighted by Crippen LogP contribution is 2.35. The van der Waals surface area contributed by atoms with Crippen LogP contribution in [0.15, 0.2) is 36.1 Å². The molecule has 0 bridgehead atoms. The van der Waals surface area contributed by atoms with Gasteiger partial charge in [-0.15, -0.1) is 11.3 Å². The first-order chi connectivity index (χ1) is 8.24. The lowest BCUT2D eigenvalue weighted by molar-refractivity contribution is 0.121. The number of aliphatic hydroxyl groups is 1. The first-order valence-electron chi connectivity index (χ1n) is 5.44. The number of thiophene rings is 1. The molecule has 0 aliphatic carbocycles. The second-order valence-electron chi connectivity index (χ2n) is 3.98. The molecule has 1 aromatic carbocycles. The van der Waals surface area contributed by atoms with Crippen molar-refractivity contribution in [3.05, 3.63) is 46.8 Å². The van der Waals surface area contributed by atoms with E-state index in [1.165, 1.54) is 23.5 Å². The van der Waals surface area contributed by atoms with Crippen LogP contribution in [0, 0.1) is 5.82 Å². The van der Waals surface area contributed by atoms with Gasteiger partial charge in [0, 0.05) is 16.0 Å². The lowest BCUT2D eigenvalue weighted by Gasteiger charge is -2.09. The van der Waals surface area contributed by atoms with Crippen LogP contribution >= 0.6 is 11.3 Å². The third-order valence-corrected chi connectivity index (χ3v) is 3.92. The molecule has 0 saturated carbocycles. The van der Waals surface area contributed by atoms with Gasteiger partial charge >= 0.3 is 0 Å². The minimum absolute atomic E-state index is 0.253. The maximum atomic E-state index is 13.1. The summed E-state index contributed by atoms with van der Waals surface area (Å²) in [5.74, 6) is 0.355. The van der Waals surface area contributed by atoms with E-state index in [1.807, 2.05) is 12.1 Å². The van der Waals surface area contributed by atoms with Crippen LogP contribution in [0.25, 0.3) is 10.1 Å². The quantitative estimate of drug-likeness (QED) is 0.885. The summed E-state index contributed by atoms with van der Waals surface area (Å²) >= 11 is 1.40. The Balaban J connectivity index is 2.00. The maximum Gasteiger partial charge on any atom is 0.145 e. The molecule has 88 valence electrons. The smallest absolute Gasteiger partial charge is 0.145 e. The Labute approximate surface area is 102 Å². The van der Waals surface area contributed by atoms with E-state index >= 15 is 0 Å². The Morgan fingerprint density at radius 1 is 1.35 bits per heavy atom. The van der Waals surface area contributed by atoms with E-state index in [0.29, 0.717) is 12.4 Å². The summed E-state index contributed by atoms with van der Waals surface area (Å²) in [5, 5.41) is 11.1. The van der Waals surface area contributed by atoms with E-state index in [1.54, 1.807) is 6.07 Å². The lowest BCUT2D eigenvalue weighted by Crippen LogP contribution is -1.99. The number of hydrogen-bond acceptors (Lipinski definition) is 3. The Morgan fingerprint density at radius 2 is 2.24 bits per heavy atom. The molecule has 0 saturated heterocycles. The largest absolute Gasteiger partial charge is 0.495 e. The molecule has 1 unspecified atom stereocenters. The maximum absolute atomic E-state index is 13.1. The Hall–Kier alpha value is -1.39. The third-order valence-electron chi connectivity index (χ3n) is 2.77. The SMILES string of the molecule is OC(C1=CCCO1)c1cc2ccc(F)cc2s1. The standard InChI is InChI=1S/C13H11FO2S/c14-9-4-3-8-6-12(17-11(8)7-9)13(15)10-2-1-5-16-10/h2-4,6-7,13,15H,1,5H2. The summed E-state index contributed by atoms with van der Waals surface area (Å²) in [6, 6.07) is 6.52. The summed E-state index contributed by atoms with van der Waals surface area (Å²) in [6.07, 6.45) is 2.01. The van der Waals surface area contributed by atoms with Crippen molar-refractivity contribution < 1.29 is 14.2 Å². The zero-order valence-corrected chi connectivity index (χ0v) is 9.84. The van der Waals surface area contributed by atoms with Crippen molar-refractivity contribution in [2.75, 3.05) is 6.61 Å². The van der Waals surface area contributed by atoms with E-state index in [-0.39, 0.29) is 5.82 Å². The summed E-state index contributed by atoms with van der Waals surface area (Å²) in [5.41, 5.74) is 0. The van der Waals surface area contributed by atoms with Gasteiger partial charge in [0.25, 0.3) is 0 Å². The van der Waals surface area contributed by atoms with Crippen LogP contribution in [0.2, 0.25) is 0 Å². The average Bonchev–Trinajstić information content (AvgIpc) is 2.96. The topological polar surface area (TPSA) is 29.5 Å². The molecule has 1 atom stereocenters. The van der Waals surface area contributed by atoms with Crippen LogP contribution in [0.1, 0.15) is 17.4 Å². The fourth-order valence-corrected chi connectivity index (χ4v) is 3.01. The van der Waals surface area contributed by atoms with Gasteiger partial charge in [0.2, 0.25) is 0 Å². The summed E-state index contributed by atoms with van der Waals surface area (Å²) in [6.45, 7) is 0.631. The number of ether oxygens (including phenoxy) is 1.